The van der Waals surface area contributed by atoms with E-state index in [1.807, 2.05) is 0 Å². The number of nitrogens with two attached hydrogens (primary N) is 1. The van der Waals surface area contributed by atoms with Gasteiger partial charge in [-0.15, -0.1) is 0 Å². The number of nitrogen functional groups attached to an aromatic ring is 1. The van der Waals surface area contributed by atoms with Crippen molar-refractivity contribution in [1.29, 1.82) is 0 Å². The van der Waals surface area contributed by atoms with Crippen molar-refractivity contribution in [2.45, 2.75) is 12.5 Å². The van der Waals surface area contributed by atoms with Crippen LogP contribution in [-0.4, -0.2) is 33.3 Å². The van der Waals surface area contributed by atoms with Crippen molar-refractivity contribution in [2.24, 2.45) is 0 Å². The van der Waals surface area contributed by atoms with Crippen molar-refractivity contribution in [2.75, 3.05) is 12.8 Å². The van der Waals surface area contributed by atoms with Crippen molar-refractivity contribution < 1.29 is 14.0 Å². The van der Waals surface area contributed by atoms with Crippen LogP contribution >= 0.6 is 0 Å². The van der Waals surface area contributed by atoms with Crippen LogP contribution in [0.1, 0.15) is 12.5 Å². The Balaban J connectivity index is 2.18. The first-order chi connectivity index (χ1) is 8.99. The van der Waals surface area contributed by atoms with E-state index in [9.17, 15) is 14.0 Å². The minimum absolute atomic E-state index is 0.0440. The van der Waals surface area contributed by atoms with E-state index in [0.717, 1.165) is 4.90 Å². The number of benzene rings is 1. The number of imidazole rings is 1. The van der Waals surface area contributed by atoms with Crippen molar-refractivity contribution in [3.05, 3.63) is 24.0 Å². The SMILES string of the molecule is CN1C(=O)CC(n2c(N)nc3cc(F)ccc32)C1=O. The molecular weight excluding hydrogens is 251 g/mol. The Kier molecular flexibility index (Phi) is 2.31. The highest BCUT2D eigenvalue weighted by molar-refractivity contribution is 6.05. The maximum absolute atomic E-state index is 13.1. The fraction of sp³-hybridized carbons (Fsp3) is 0.250. The Labute approximate surface area is 107 Å². The van der Waals surface area contributed by atoms with Crippen LogP contribution in [0.15, 0.2) is 18.2 Å². The first-order valence-electron chi connectivity index (χ1n) is 5.72. The van der Waals surface area contributed by atoms with Gasteiger partial charge in [0.25, 0.3) is 5.91 Å². The second-order valence-corrected chi connectivity index (χ2v) is 4.48. The predicted molar refractivity (Wildman–Crippen MR) is 65.5 cm³/mol. The Morgan fingerprint density at radius 2 is 2.16 bits per heavy atom. The summed E-state index contributed by atoms with van der Waals surface area (Å²) >= 11 is 0. The molecule has 2 amide bonds. The molecule has 1 aliphatic heterocycles. The summed E-state index contributed by atoms with van der Waals surface area (Å²) in [5.74, 6) is -0.927. The van der Waals surface area contributed by atoms with Crippen LogP contribution in [0.4, 0.5) is 10.3 Å². The van der Waals surface area contributed by atoms with E-state index >= 15 is 0 Å². The Bertz CT molecular complexity index is 709. The largest absolute Gasteiger partial charge is 0.369 e. The lowest BCUT2D eigenvalue weighted by Gasteiger charge is -2.12. The van der Waals surface area contributed by atoms with E-state index in [-0.39, 0.29) is 24.2 Å². The highest BCUT2D eigenvalue weighted by Gasteiger charge is 2.38. The summed E-state index contributed by atoms with van der Waals surface area (Å²) < 4.78 is 14.6. The van der Waals surface area contributed by atoms with Gasteiger partial charge in [-0.25, -0.2) is 9.37 Å². The molecule has 1 fully saturated rings. The van der Waals surface area contributed by atoms with Crippen LogP contribution < -0.4 is 5.73 Å². The first kappa shape index (κ1) is 11.6. The number of imide groups is 1. The fourth-order valence-electron chi connectivity index (χ4n) is 2.36. The predicted octanol–water partition coefficient (Wildman–Crippen LogP) is 0.687. The molecule has 0 saturated carbocycles. The van der Waals surface area contributed by atoms with Crippen LogP contribution in [0.5, 0.6) is 0 Å². The van der Waals surface area contributed by atoms with Crippen molar-refractivity contribution in [3.63, 3.8) is 0 Å². The third-order valence-electron chi connectivity index (χ3n) is 3.35. The lowest BCUT2D eigenvalue weighted by atomic mass is 10.2. The standard InChI is InChI=1S/C12H11FN4O2/c1-16-10(18)5-9(11(16)19)17-8-3-2-6(13)4-7(8)15-12(17)14/h2-4,9H,5H2,1H3,(H2,14,15). The van der Waals surface area contributed by atoms with Crippen molar-refractivity contribution in [1.82, 2.24) is 14.5 Å². The average molecular weight is 262 g/mol. The smallest absolute Gasteiger partial charge is 0.252 e. The second kappa shape index (κ2) is 3.78. The molecule has 1 aromatic heterocycles. The number of aromatic nitrogens is 2. The number of likely N-dealkylation sites (N-methyl/N-ethyl adjacent to an activating group) is 1. The third-order valence-corrected chi connectivity index (χ3v) is 3.35. The molecule has 19 heavy (non-hydrogen) atoms. The number of amides is 2. The van der Waals surface area contributed by atoms with E-state index in [1.54, 1.807) is 0 Å². The monoisotopic (exact) mass is 262 g/mol. The molecule has 1 aliphatic rings. The number of hydrogen-bond donors (Lipinski definition) is 1. The molecule has 2 heterocycles. The summed E-state index contributed by atoms with van der Waals surface area (Å²) in [5.41, 5.74) is 6.69. The molecule has 6 nitrogen and oxygen atoms in total. The summed E-state index contributed by atoms with van der Waals surface area (Å²) in [6.45, 7) is 0. The molecule has 1 atom stereocenters. The van der Waals surface area contributed by atoms with E-state index in [2.05, 4.69) is 4.98 Å². The molecule has 1 saturated heterocycles. The van der Waals surface area contributed by atoms with E-state index in [0.29, 0.717) is 11.0 Å². The van der Waals surface area contributed by atoms with Gasteiger partial charge in [0.2, 0.25) is 11.9 Å². The zero-order valence-electron chi connectivity index (χ0n) is 10.1. The molecule has 1 aromatic carbocycles. The number of nitrogens with zero attached hydrogens (tertiary/aromatic N) is 3. The quantitative estimate of drug-likeness (QED) is 0.766. The Morgan fingerprint density at radius 3 is 2.79 bits per heavy atom. The minimum atomic E-state index is -0.701. The van der Waals surface area contributed by atoms with Crippen LogP contribution in [0, 0.1) is 5.82 Å². The van der Waals surface area contributed by atoms with Gasteiger partial charge < -0.3 is 5.73 Å². The van der Waals surface area contributed by atoms with Crippen LogP contribution in [0.25, 0.3) is 11.0 Å². The maximum atomic E-state index is 13.1. The van der Waals surface area contributed by atoms with Crippen molar-refractivity contribution in [3.8, 4) is 0 Å². The number of carbonyl (C=O) groups is 2. The molecule has 98 valence electrons. The van der Waals surface area contributed by atoms with Gasteiger partial charge in [-0.05, 0) is 12.1 Å². The first-order valence-corrected chi connectivity index (χ1v) is 5.72. The van der Waals surface area contributed by atoms with E-state index in [4.69, 9.17) is 5.73 Å². The van der Waals surface area contributed by atoms with Gasteiger partial charge >= 0.3 is 0 Å². The number of anilines is 1. The Hall–Kier alpha value is -2.44. The zero-order chi connectivity index (χ0) is 13.7. The second-order valence-electron chi connectivity index (χ2n) is 4.48. The molecule has 0 spiro atoms. The molecule has 1 unspecified atom stereocenters. The normalized spacial score (nSPS) is 19.7. The number of likely N-dealkylation sites (tertiary alicyclic amines) is 1. The highest BCUT2D eigenvalue weighted by Crippen LogP contribution is 2.30. The topological polar surface area (TPSA) is 81.2 Å². The molecule has 0 aliphatic carbocycles. The van der Waals surface area contributed by atoms with Gasteiger partial charge in [0.15, 0.2) is 0 Å². The Morgan fingerprint density at radius 1 is 1.42 bits per heavy atom. The van der Waals surface area contributed by atoms with Gasteiger partial charge in [-0.3, -0.25) is 19.1 Å². The van der Waals surface area contributed by atoms with Crippen molar-refractivity contribution >= 4 is 28.8 Å². The lowest BCUT2D eigenvalue weighted by Crippen LogP contribution is -2.27. The summed E-state index contributed by atoms with van der Waals surface area (Å²) in [6, 6.07) is 3.32. The molecule has 2 N–H and O–H groups in total. The van der Waals surface area contributed by atoms with E-state index < -0.39 is 11.9 Å². The molecule has 0 bridgehead atoms. The average Bonchev–Trinajstić information content (AvgIpc) is 2.80. The number of fused-ring (bicyclic) bond motifs is 1. The minimum Gasteiger partial charge on any atom is -0.369 e. The summed E-state index contributed by atoms with van der Waals surface area (Å²) in [6.07, 6.45) is 0.0440. The van der Waals surface area contributed by atoms with Gasteiger partial charge in [0.05, 0.1) is 17.5 Å². The third kappa shape index (κ3) is 1.58. The molecule has 7 heteroatoms. The summed E-state index contributed by atoms with van der Waals surface area (Å²) in [5, 5.41) is 0. The number of carbonyl (C=O) groups excluding carboxylic acids is 2. The van der Waals surface area contributed by atoms with Gasteiger partial charge in [0.1, 0.15) is 11.9 Å². The van der Waals surface area contributed by atoms with Gasteiger partial charge in [-0.2, -0.15) is 0 Å². The van der Waals surface area contributed by atoms with E-state index in [1.165, 1.54) is 29.8 Å². The zero-order valence-corrected chi connectivity index (χ0v) is 10.1. The maximum Gasteiger partial charge on any atom is 0.252 e. The number of hydrogen-bond acceptors (Lipinski definition) is 4. The van der Waals surface area contributed by atoms with Crippen LogP contribution in [0.2, 0.25) is 0 Å². The van der Waals surface area contributed by atoms with Crippen LogP contribution in [0.3, 0.4) is 0 Å². The summed E-state index contributed by atoms with van der Waals surface area (Å²) in [7, 11) is 1.43. The lowest BCUT2D eigenvalue weighted by molar-refractivity contribution is -0.137. The molecule has 0 radical (unpaired) electrons. The van der Waals surface area contributed by atoms with Crippen LogP contribution in [-0.2, 0) is 9.59 Å². The van der Waals surface area contributed by atoms with Gasteiger partial charge in [-0.1, -0.05) is 0 Å². The molecule has 3 rings (SSSR count). The summed E-state index contributed by atoms with van der Waals surface area (Å²) in [4.78, 5) is 28.7. The number of halogens is 1. The molecular formula is C12H11FN4O2. The number of rotatable bonds is 1. The highest BCUT2D eigenvalue weighted by atomic mass is 19.1. The van der Waals surface area contributed by atoms with Gasteiger partial charge in [0, 0.05) is 13.1 Å². The fourth-order valence-corrected chi connectivity index (χ4v) is 2.36. The molecule has 2 aromatic rings.